The molecule has 0 aromatic heterocycles. The molecule has 4 heteroatoms. The average molecular weight is 201 g/mol. The van der Waals surface area contributed by atoms with Crippen molar-refractivity contribution in [3.8, 4) is 0 Å². The second-order valence-electron chi connectivity index (χ2n) is 3.46. The Labute approximate surface area is 80.1 Å². The minimum absolute atomic E-state index is 0.226. The molecule has 76 valence electrons. The minimum atomic E-state index is -1.37. The van der Waals surface area contributed by atoms with Crippen LogP contribution in [-0.4, -0.2) is 18.0 Å². The highest BCUT2D eigenvalue weighted by atomic mass is 19.2. The lowest BCUT2D eigenvalue weighted by molar-refractivity contribution is 0.169. The Kier molecular flexibility index (Phi) is 2.46. The zero-order chi connectivity index (χ0) is 10.1. The van der Waals surface area contributed by atoms with Gasteiger partial charge in [0, 0.05) is 12.1 Å². The lowest BCUT2D eigenvalue weighted by atomic mass is 10.1. The molecule has 0 atom stereocenters. The smallest absolute Gasteiger partial charge is 0.194 e. The molecule has 0 unspecified atom stereocenters. The van der Waals surface area contributed by atoms with Crippen molar-refractivity contribution in [2.24, 2.45) is 0 Å². The van der Waals surface area contributed by atoms with Crippen LogP contribution in [0, 0.1) is 17.5 Å². The molecule has 0 aliphatic carbocycles. The molecule has 1 aliphatic heterocycles. The van der Waals surface area contributed by atoms with Crippen molar-refractivity contribution in [2.75, 3.05) is 13.1 Å². The van der Waals surface area contributed by atoms with Crippen LogP contribution in [0.1, 0.15) is 12.0 Å². The number of benzene rings is 1. The molecule has 1 fully saturated rings. The minimum Gasteiger partial charge on any atom is -0.299 e. The molecule has 0 radical (unpaired) electrons. The van der Waals surface area contributed by atoms with E-state index in [1.165, 1.54) is 6.07 Å². The first-order valence-corrected chi connectivity index (χ1v) is 4.53. The number of likely N-dealkylation sites (tertiary alicyclic amines) is 1. The van der Waals surface area contributed by atoms with E-state index in [0.717, 1.165) is 25.6 Å². The SMILES string of the molecule is Fc1ccc(CN2CCC2)c(F)c1F. The summed E-state index contributed by atoms with van der Waals surface area (Å²) in [6.07, 6.45) is 1.09. The molecule has 0 saturated carbocycles. The summed E-state index contributed by atoms with van der Waals surface area (Å²) in [6, 6.07) is 2.26. The Morgan fingerprint density at radius 2 is 1.79 bits per heavy atom. The highest BCUT2D eigenvalue weighted by molar-refractivity contribution is 5.20. The fourth-order valence-electron chi connectivity index (χ4n) is 1.47. The van der Waals surface area contributed by atoms with E-state index in [0.29, 0.717) is 6.54 Å². The van der Waals surface area contributed by atoms with Crippen molar-refractivity contribution in [3.63, 3.8) is 0 Å². The molecule has 1 heterocycles. The first-order chi connectivity index (χ1) is 6.68. The Morgan fingerprint density at radius 3 is 2.36 bits per heavy atom. The Morgan fingerprint density at radius 1 is 1.07 bits per heavy atom. The van der Waals surface area contributed by atoms with Gasteiger partial charge in [-0.25, -0.2) is 13.2 Å². The van der Waals surface area contributed by atoms with Crippen molar-refractivity contribution < 1.29 is 13.2 Å². The van der Waals surface area contributed by atoms with Crippen molar-refractivity contribution >= 4 is 0 Å². The fourth-order valence-corrected chi connectivity index (χ4v) is 1.47. The van der Waals surface area contributed by atoms with Crippen molar-refractivity contribution in [1.82, 2.24) is 4.90 Å². The molecule has 1 aliphatic rings. The molecule has 0 bridgehead atoms. The maximum Gasteiger partial charge on any atom is 0.194 e. The summed E-state index contributed by atoms with van der Waals surface area (Å²) >= 11 is 0. The maximum atomic E-state index is 13.1. The lowest BCUT2D eigenvalue weighted by Gasteiger charge is -2.30. The zero-order valence-electron chi connectivity index (χ0n) is 7.56. The van der Waals surface area contributed by atoms with Gasteiger partial charge in [0.1, 0.15) is 0 Å². The molecule has 1 nitrogen and oxygen atoms in total. The molecular formula is C10H10F3N. The van der Waals surface area contributed by atoms with Gasteiger partial charge >= 0.3 is 0 Å². The number of halogens is 3. The number of nitrogens with zero attached hydrogens (tertiary/aromatic N) is 1. The molecule has 2 rings (SSSR count). The Balaban J connectivity index is 2.20. The van der Waals surface area contributed by atoms with E-state index in [-0.39, 0.29) is 5.56 Å². The second kappa shape index (κ2) is 3.61. The first kappa shape index (κ1) is 9.52. The van der Waals surface area contributed by atoms with Gasteiger partial charge in [-0.2, -0.15) is 0 Å². The van der Waals surface area contributed by atoms with Crippen LogP contribution in [0.15, 0.2) is 12.1 Å². The summed E-state index contributed by atoms with van der Waals surface area (Å²) in [5, 5.41) is 0. The Hall–Kier alpha value is -1.03. The van der Waals surface area contributed by atoms with Gasteiger partial charge in [-0.3, -0.25) is 4.90 Å². The summed E-state index contributed by atoms with van der Waals surface area (Å²) in [5.41, 5.74) is 0.226. The van der Waals surface area contributed by atoms with E-state index in [4.69, 9.17) is 0 Å². The van der Waals surface area contributed by atoms with Gasteiger partial charge in [0.05, 0.1) is 0 Å². The molecule has 1 aromatic carbocycles. The highest BCUT2D eigenvalue weighted by Crippen LogP contribution is 2.18. The number of hydrogen-bond acceptors (Lipinski definition) is 1. The van der Waals surface area contributed by atoms with Gasteiger partial charge in [0.25, 0.3) is 0 Å². The van der Waals surface area contributed by atoms with E-state index in [1.807, 2.05) is 4.90 Å². The van der Waals surface area contributed by atoms with Gasteiger partial charge in [0.15, 0.2) is 17.5 Å². The quantitative estimate of drug-likeness (QED) is 0.664. The molecule has 1 aromatic rings. The Bertz CT molecular complexity index is 347. The van der Waals surface area contributed by atoms with E-state index in [9.17, 15) is 13.2 Å². The van der Waals surface area contributed by atoms with E-state index in [2.05, 4.69) is 0 Å². The van der Waals surface area contributed by atoms with Crippen LogP contribution in [0.4, 0.5) is 13.2 Å². The molecule has 0 amide bonds. The van der Waals surface area contributed by atoms with E-state index in [1.54, 1.807) is 0 Å². The summed E-state index contributed by atoms with van der Waals surface area (Å²) in [7, 11) is 0. The van der Waals surface area contributed by atoms with E-state index < -0.39 is 17.5 Å². The first-order valence-electron chi connectivity index (χ1n) is 4.53. The predicted octanol–water partition coefficient (Wildman–Crippen LogP) is 2.31. The largest absolute Gasteiger partial charge is 0.299 e. The van der Waals surface area contributed by atoms with E-state index >= 15 is 0 Å². The standard InChI is InChI=1S/C10H10F3N/c11-8-3-2-7(9(12)10(8)13)6-14-4-1-5-14/h2-3H,1,4-6H2. The third-order valence-electron chi connectivity index (χ3n) is 2.46. The maximum absolute atomic E-state index is 13.1. The zero-order valence-corrected chi connectivity index (χ0v) is 7.56. The average Bonchev–Trinajstić information content (AvgIpc) is 2.10. The fraction of sp³-hybridized carbons (Fsp3) is 0.400. The van der Waals surface area contributed by atoms with Gasteiger partial charge in [-0.15, -0.1) is 0 Å². The summed E-state index contributed by atoms with van der Waals surface area (Å²) in [4.78, 5) is 1.98. The van der Waals surface area contributed by atoms with Crippen molar-refractivity contribution in [2.45, 2.75) is 13.0 Å². The molecule has 14 heavy (non-hydrogen) atoms. The van der Waals surface area contributed by atoms with Crippen LogP contribution >= 0.6 is 0 Å². The third kappa shape index (κ3) is 1.62. The van der Waals surface area contributed by atoms with Gasteiger partial charge in [-0.1, -0.05) is 6.07 Å². The van der Waals surface area contributed by atoms with Crippen molar-refractivity contribution in [1.29, 1.82) is 0 Å². The van der Waals surface area contributed by atoms with Gasteiger partial charge in [-0.05, 0) is 25.6 Å². The van der Waals surface area contributed by atoms with Crippen LogP contribution in [0.3, 0.4) is 0 Å². The normalized spacial score (nSPS) is 16.8. The van der Waals surface area contributed by atoms with Crippen LogP contribution in [-0.2, 0) is 6.54 Å². The van der Waals surface area contributed by atoms with Crippen molar-refractivity contribution in [3.05, 3.63) is 35.1 Å². The van der Waals surface area contributed by atoms with Gasteiger partial charge in [0.2, 0.25) is 0 Å². The second-order valence-corrected chi connectivity index (χ2v) is 3.46. The third-order valence-corrected chi connectivity index (χ3v) is 2.46. The lowest BCUT2D eigenvalue weighted by Crippen LogP contribution is -2.36. The number of rotatable bonds is 2. The highest BCUT2D eigenvalue weighted by Gasteiger charge is 2.18. The van der Waals surface area contributed by atoms with Crippen LogP contribution in [0.2, 0.25) is 0 Å². The molecule has 0 spiro atoms. The van der Waals surface area contributed by atoms with Crippen LogP contribution in [0.25, 0.3) is 0 Å². The number of hydrogen-bond donors (Lipinski definition) is 0. The van der Waals surface area contributed by atoms with Crippen LogP contribution in [0.5, 0.6) is 0 Å². The summed E-state index contributed by atoms with van der Waals surface area (Å²) in [5.74, 6) is -3.56. The summed E-state index contributed by atoms with van der Waals surface area (Å²) < 4.78 is 38.5. The summed E-state index contributed by atoms with van der Waals surface area (Å²) in [6.45, 7) is 2.17. The van der Waals surface area contributed by atoms with Crippen LogP contribution < -0.4 is 0 Å². The molecule has 0 N–H and O–H groups in total. The monoisotopic (exact) mass is 201 g/mol. The topological polar surface area (TPSA) is 3.24 Å². The van der Waals surface area contributed by atoms with Gasteiger partial charge < -0.3 is 0 Å². The molecular weight excluding hydrogens is 191 g/mol. The molecule has 1 saturated heterocycles. The predicted molar refractivity (Wildman–Crippen MR) is 46.2 cm³/mol.